The molecule has 0 rings (SSSR count). The number of nitrogens with one attached hydrogen (secondary N) is 3. The summed E-state index contributed by atoms with van der Waals surface area (Å²) in [5.41, 5.74) is 10.7. The average Bonchev–Trinajstić information content (AvgIpc) is 2.68. The Balaban J connectivity index is 5.43. The number of hydrogen-bond acceptors (Lipinski definition) is 8. The number of primary amides is 1. The molecular weight excluding hydrogens is 446 g/mol. The zero-order valence-corrected chi connectivity index (χ0v) is 19.6. The molecule has 4 atom stereocenters. The molecule has 31 heavy (non-hydrogen) atoms. The first kappa shape index (κ1) is 29.0. The van der Waals surface area contributed by atoms with E-state index >= 15 is 0 Å². The van der Waals surface area contributed by atoms with Gasteiger partial charge < -0.3 is 32.5 Å². The number of thioether (sulfide) groups is 1. The van der Waals surface area contributed by atoms with Crippen molar-refractivity contribution in [3.63, 3.8) is 0 Å². The van der Waals surface area contributed by atoms with E-state index in [1.807, 2.05) is 20.1 Å². The maximum absolute atomic E-state index is 12.7. The van der Waals surface area contributed by atoms with Gasteiger partial charge in [0.1, 0.15) is 18.1 Å². The highest BCUT2D eigenvalue weighted by Gasteiger charge is 2.31. The normalized spacial score (nSPS) is 14.8. The van der Waals surface area contributed by atoms with Gasteiger partial charge in [-0.25, -0.2) is 4.79 Å². The molecule has 0 radical (unpaired) electrons. The molecular formula is C18H33N5O6S2. The van der Waals surface area contributed by atoms with Crippen LogP contribution in [0.25, 0.3) is 0 Å². The zero-order valence-electron chi connectivity index (χ0n) is 17.9. The molecule has 0 aromatic carbocycles. The molecule has 178 valence electrons. The number of rotatable bonds is 15. The molecule has 0 aliphatic heterocycles. The number of thiol groups is 1. The summed E-state index contributed by atoms with van der Waals surface area (Å²) in [7, 11) is 0. The summed E-state index contributed by atoms with van der Waals surface area (Å²) >= 11 is 5.34. The van der Waals surface area contributed by atoms with Gasteiger partial charge >= 0.3 is 5.97 Å². The predicted molar refractivity (Wildman–Crippen MR) is 122 cm³/mol. The van der Waals surface area contributed by atoms with E-state index in [0.717, 1.165) is 0 Å². The quantitative estimate of drug-likeness (QED) is 0.137. The zero-order chi connectivity index (χ0) is 24.1. The molecule has 4 amide bonds. The summed E-state index contributed by atoms with van der Waals surface area (Å²) < 4.78 is 0. The maximum atomic E-state index is 12.7. The Morgan fingerprint density at radius 1 is 0.968 bits per heavy atom. The van der Waals surface area contributed by atoms with Crippen LogP contribution >= 0.6 is 24.4 Å². The third-order valence-corrected chi connectivity index (χ3v) is 5.17. The van der Waals surface area contributed by atoms with E-state index < -0.39 is 60.2 Å². The van der Waals surface area contributed by atoms with Crippen LogP contribution in [-0.4, -0.2) is 76.6 Å². The molecule has 0 heterocycles. The van der Waals surface area contributed by atoms with E-state index in [0.29, 0.717) is 5.75 Å². The minimum Gasteiger partial charge on any atom is -0.480 e. The minimum atomic E-state index is -1.34. The molecule has 8 N–H and O–H groups in total. The lowest BCUT2D eigenvalue weighted by Crippen LogP contribution is -2.58. The van der Waals surface area contributed by atoms with Gasteiger partial charge in [-0.05, 0) is 30.8 Å². The Labute approximate surface area is 191 Å². The average molecular weight is 480 g/mol. The molecule has 0 spiro atoms. The summed E-state index contributed by atoms with van der Waals surface area (Å²) in [6.45, 7) is 3.64. The Kier molecular flexibility index (Phi) is 14.0. The smallest absolute Gasteiger partial charge is 0.326 e. The van der Waals surface area contributed by atoms with Crippen LogP contribution in [0.2, 0.25) is 0 Å². The van der Waals surface area contributed by atoms with Crippen molar-refractivity contribution in [3.8, 4) is 0 Å². The number of carboxylic acid groups (broad SMARTS) is 1. The van der Waals surface area contributed by atoms with E-state index in [-0.39, 0.29) is 24.5 Å². The van der Waals surface area contributed by atoms with E-state index in [1.165, 1.54) is 11.8 Å². The second-order valence-corrected chi connectivity index (χ2v) is 8.74. The van der Waals surface area contributed by atoms with Gasteiger partial charge in [0.2, 0.25) is 23.6 Å². The largest absolute Gasteiger partial charge is 0.480 e. The molecule has 0 bridgehead atoms. The SMILES string of the molecule is CSCCC(NC(=O)C(CC(N)=O)NC(=O)C(N)CS)C(=O)NC(CC(C)C)C(=O)O. The first-order valence-corrected chi connectivity index (χ1v) is 11.7. The number of amides is 4. The van der Waals surface area contributed by atoms with Crippen molar-refractivity contribution >= 4 is 54.0 Å². The van der Waals surface area contributed by atoms with Crippen LogP contribution in [0.5, 0.6) is 0 Å². The van der Waals surface area contributed by atoms with Gasteiger partial charge in [0, 0.05) is 5.75 Å². The van der Waals surface area contributed by atoms with Crippen LogP contribution in [0, 0.1) is 5.92 Å². The molecule has 0 saturated carbocycles. The van der Waals surface area contributed by atoms with Gasteiger partial charge in [-0.3, -0.25) is 19.2 Å². The summed E-state index contributed by atoms with van der Waals surface area (Å²) in [6, 6.07) is -4.53. The Bertz CT molecular complexity index is 649. The van der Waals surface area contributed by atoms with Crippen molar-refractivity contribution in [1.82, 2.24) is 16.0 Å². The van der Waals surface area contributed by atoms with Gasteiger partial charge in [-0.2, -0.15) is 24.4 Å². The Hall–Kier alpha value is -1.99. The van der Waals surface area contributed by atoms with Crippen LogP contribution in [0.3, 0.4) is 0 Å². The maximum Gasteiger partial charge on any atom is 0.326 e. The summed E-state index contributed by atoms with van der Waals surface area (Å²) in [5, 5.41) is 16.6. The second-order valence-electron chi connectivity index (χ2n) is 7.39. The number of hydrogen-bond donors (Lipinski definition) is 7. The van der Waals surface area contributed by atoms with Crippen LogP contribution in [-0.2, 0) is 24.0 Å². The standard InChI is InChI=1S/C18H33N5O6S2/c1-9(2)6-13(18(28)29)23-16(26)11(4-5-31-3)21-17(27)12(7-14(20)24)22-15(25)10(19)8-30/h9-13,30H,4-8,19H2,1-3H3,(H2,20,24)(H,21,27)(H,22,25)(H,23,26)(H,28,29). The van der Waals surface area contributed by atoms with E-state index in [4.69, 9.17) is 11.5 Å². The number of aliphatic carboxylic acids is 1. The van der Waals surface area contributed by atoms with E-state index in [9.17, 15) is 29.1 Å². The van der Waals surface area contributed by atoms with Crippen molar-refractivity contribution in [2.45, 2.75) is 57.3 Å². The number of carboxylic acids is 1. The van der Waals surface area contributed by atoms with Gasteiger partial charge in [0.15, 0.2) is 0 Å². The fraction of sp³-hybridized carbons (Fsp3) is 0.722. The third-order valence-electron chi connectivity index (χ3n) is 4.14. The predicted octanol–water partition coefficient (Wildman–Crippen LogP) is -1.54. The molecule has 13 heteroatoms. The van der Waals surface area contributed by atoms with E-state index in [2.05, 4.69) is 28.6 Å². The minimum absolute atomic E-state index is 0.0158. The Morgan fingerprint density at radius 2 is 1.48 bits per heavy atom. The van der Waals surface area contributed by atoms with Crippen molar-refractivity contribution in [1.29, 1.82) is 0 Å². The molecule has 0 fully saturated rings. The molecule has 0 aromatic rings. The highest BCUT2D eigenvalue weighted by Crippen LogP contribution is 2.08. The summed E-state index contributed by atoms with van der Waals surface area (Å²) in [4.78, 5) is 60.2. The van der Waals surface area contributed by atoms with Crippen LogP contribution in [0.1, 0.15) is 33.1 Å². The fourth-order valence-electron chi connectivity index (χ4n) is 2.51. The lowest BCUT2D eigenvalue weighted by molar-refractivity contribution is -0.143. The van der Waals surface area contributed by atoms with Crippen LogP contribution in [0.15, 0.2) is 0 Å². The molecule has 0 saturated heterocycles. The second kappa shape index (κ2) is 14.9. The first-order valence-electron chi connectivity index (χ1n) is 9.70. The molecule has 11 nitrogen and oxygen atoms in total. The first-order chi connectivity index (χ1) is 14.4. The van der Waals surface area contributed by atoms with Crippen molar-refractivity contribution in [2.24, 2.45) is 17.4 Å². The fourth-order valence-corrected chi connectivity index (χ4v) is 3.15. The molecule has 4 unspecified atom stereocenters. The topological polar surface area (TPSA) is 194 Å². The molecule has 0 aliphatic carbocycles. The van der Waals surface area contributed by atoms with Crippen molar-refractivity contribution < 1.29 is 29.1 Å². The van der Waals surface area contributed by atoms with Gasteiger partial charge in [-0.15, -0.1) is 0 Å². The van der Waals surface area contributed by atoms with Gasteiger partial charge in [0.05, 0.1) is 12.5 Å². The highest BCUT2D eigenvalue weighted by atomic mass is 32.2. The van der Waals surface area contributed by atoms with Crippen LogP contribution < -0.4 is 27.4 Å². The van der Waals surface area contributed by atoms with Crippen molar-refractivity contribution in [3.05, 3.63) is 0 Å². The molecule has 0 aliphatic rings. The lowest BCUT2D eigenvalue weighted by atomic mass is 10.0. The van der Waals surface area contributed by atoms with E-state index in [1.54, 1.807) is 0 Å². The van der Waals surface area contributed by atoms with Crippen molar-refractivity contribution in [2.75, 3.05) is 17.8 Å². The lowest BCUT2D eigenvalue weighted by Gasteiger charge is -2.25. The number of carbonyl (C=O) groups excluding carboxylic acids is 4. The number of carbonyl (C=O) groups is 5. The highest BCUT2D eigenvalue weighted by molar-refractivity contribution is 7.98. The van der Waals surface area contributed by atoms with Gasteiger partial charge in [-0.1, -0.05) is 13.8 Å². The summed E-state index contributed by atoms with van der Waals surface area (Å²) in [6.07, 6.45) is 1.73. The monoisotopic (exact) mass is 479 g/mol. The Morgan fingerprint density at radius 3 is 1.94 bits per heavy atom. The summed E-state index contributed by atoms with van der Waals surface area (Å²) in [5.74, 6) is -3.68. The van der Waals surface area contributed by atoms with Crippen LogP contribution in [0.4, 0.5) is 0 Å². The van der Waals surface area contributed by atoms with Gasteiger partial charge in [0.25, 0.3) is 0 Å². The number of nitrogens with two attached hydrogens (primary N) is 2. The third kappa shape index (κ3) is 11.8. The molecule has 0 aromatic heterocycles.